The first kappa shape index (κ1) is 19.6. The van der Waals surface area contributed by atoms with Crippen LogP contribution in [-0.2, 0) is 17.4 Å². The first-order chi connectivity index (χ1) is 13.3. The number of halogens is 3. The van der Waals surface area contributed by atoms with Gasteiger partial charge in [-0.25, -0.2) is 4.98 Å². The van der Waals surface area contributed by atoms with Crippen LogP contribution in [0.15, 0.2) is 58.5 Å². The summed E-state index contributed by atoms with van der Waals surface area (Å²) in [6.07, 6.45) is -3.15. The largest absolute Gasteiger partial charge is 0.459 e. The maximum absolute atomic E-state index is 12.7. The highest BCUT2D eigenvalue weighted by atomic mass is 32.1. The molecule has 2 amide bonds. The molecule has 2 heterocycles. The third-order valence-electron chi connectivity index (χ3n) is 3.67. The number of benzene rings is 1. The molecule has 3 aromatic rings. The molecule has 0 fully saturated rings. The number of nitrogens with zero attached hydrogens (tertiary/aromatic N) is 1. The van der Waals surface area contributed by atoms with Gasteiger partial charge < -0.3 is 15.1 Å². The summed E-state index contributed by atoms with van der Waals surface area (Å²) in [5.74, 6) is -1.29. The van der Waals surface area contributed by atoms with Crippen LogP contribution >= 0.6 is 11.3 Å². The van der Waals surface area contributed by atoms with Gasteiger partial charge in [-0.1, -0.05) is 30.3 Å². The Morgan fingerprint density at radius 3 is 2.50 bits per heavy atom. The van der Waals surface area contributed by atoms with Gasteiger partial charge in [-0.15, -0.1) is 11.3 Å². The Bertz CT molecular complexity index is 940. The molecule has 0 aliphatic heterocycles. The van der Waals surface area contributed by atoms with Crippen molar-refractivity contribution < 1.29 is 27.2 Å². The van der Waals surface area contributed by atoms with Crippen molar-refractivity contribution in [2.24, 2.45) is 0 Å². The molecule has 1 aromatic carbocycles. The number of hydrogen-bond acceptors (Lipinski definition) is 5. The standard InChI is InChI=1S/C18H14F3N3O3S/c19-18(20,21)14-10-28-17(23-14)24-15(25)12(9-11-5-2-1-3-6-11)22-16(26)13-7-4-8-27-13/h1-8,10,12H,9H2,(H,22,26)(H,23,24,25). The Morgan fingerprint density at radius 1 is 1.14 bits per heavy atom. The number of nitrogens with one attached hydrogen (secondary N) is 2. The molecule has 3 rings (SSSR count). The second-order valence-corrected chi connectivity index (χ2v) is 6.58. The Labute approximate surface area is 161 Å². The Morgan fingerprint density at radius 2 is 1.89 bits per heavy atom. The lowest BCUT2D eigenvalue weighted by Gasteiger charge is -2.17. The molecule has 0 bridgehead atoms. The second kappa shape index (κ2) is 8.26. The van der Waals surface area contributed by atoms with Gasteiger partial charge in [-0.2, -0.15) is 13.2 Å². The highest BCUT2D eigenvalue weighted by Crippen LogP contribution is 2.31. The van der Waals surface area contributed by atoms with Gasteiger partial charge in [0.05, 0.1) is 6.26 Å². The van der Waals surface area contributed by atoms with E-state index in [1.54, 1.807) is 30.3 Å². The van der Waals surface area contributed by atoms with Crippen molar-refractivity contribution in [1.82, 2.24) is 10.3 Å². The van der Waals surface area contributed by atoms with Gasteiger partial charge in [0.2, 0.25) is 5.91 Å². The SMILES string of the molecule is O=C(NC(Cc1ccccc1)C(=O)Nc1nc(C(F)(F)F)cs1)c1ccco1. The number of aromatic nitrogens is 1. The van der Waals surface area contributed by atoms with E-state index in [0.29, 0.717) is 11.3 Å². The number of carbonyl (C=O) groups is 2. The van der Waals surface area contributed by atoms with E-state index in [0.717, 1.165) is 10.9 Å². The number of carbonyl (C=O) groups excluding carboxylic acids is 2. The van der Waals surface area contributed by atoms with Crippen LogP contribution in [0.2, 0.25) is 0 Å². The van der Waals surface area contributed by atoms with E-state index in [2.05, 4.69) is 15.6 Å². The first-order valence-corrected chi connectivity index (χ1v) is 8.93. The van der Waals surface area contributed by atoms with Crippen LogP contribution in [0.25, 0.3) is 0 Å². The Balaban J connectivity index is 1.75. The number of furan rings is 1. The minimum absolute atomic E-state index is 0.0134. The molecule has 1 atom stereocenters. The molecular formula is C18H14F3N3O3S. The summed E-state index contributed by atoms with van der Waals surface area (Å²) in [5, 5.41) is 5.47. The van der Waals surface area contributed by atoms with Gasteiger partial charge in [0, 0.05) is 11.8 Å². The summed E-state index contributed by atoms with van der Waals surface area (Å²) >= 11 is 0.651. The van der Waals surface area contributed by atoms with E-state index in [1.807, 2.05) is 0 Å². The maximum atomic E-state index is 12.7. The number of thiazole rings is 1. The van der Waals surface area contributed by atoms with E-state index in [1.165, 1.54) is 18.4 Å². The van der Waals surface area contributed by atoms with Gasteiger partial charge in [0.15, 0.2) is 16.6 Å². The smallest absolute Gasteiger partial charge is 0.434 e. The zero-order valence-corrected chi connectivity index (χ0v) is 15.0. The minimum atomic E-state index is -4.60. The van der Waals surface area contributed by atoms with Crippen LogP contribution in [-0.4, -0.2) is 22.8 Å². The van der Waals surface area contributed by atoms with E-state index in [4.69, 9.17) is 4.42 Å². The second-order valence-electron chi connectivity index (χ2n) is 5.72. The predicted molar refractivity (Wildman–Crippen MR) is 95.9 cm³/mol. The fourth-order valence-electron chi connectivity index (χ4n) is 2.35. The van der Waals surface area contributed by atoms with Gasteiger partial charge in [0.1, 0.15) is 6.04 Å². The van der Waals surface area contributed by atoms with Crippen LogP contribution in [0.4, 0.5) is 18.3 Å². The van der Waals surface area contributed by atoms with Crippen LogP contribution in [0.1, 0.15) is 21.8 Å². The molecule has 2 N–H and O–H groups in total. The first-order valence-electron chi connectivity index (χ1n) is 8.05. The van der Waals surface area contributed by atoms with Gasteiger partial charge >= 0.3 is 6.18 Å². The topological polar surface area (TPSA) is 84.2 Å². The zero-order chi connectivity index (χ0) is 20.1. The third kappa shape index (κ3) is 4.97. The van der Waals surface area contributed by atoms with Crippen molar-refractivity contribution in [3.8, 4) is 0 Å². The molecule has 6 nitrogen and oxygen atoms in total. The molecule has 10 heteroatoms. The lowest BCUT2D eigenvalue weighted by atomic mass is 10.1. The average Bonchev–Trinajstić information content (AvgIpc) is 3.33. The molecular weight excluding hydrogens is 395 g/mol. The Kier molecular flexibility index (Phi) is 5.78. The highest BCUT2D eigenvalue weighted by Gasteiger charge is 2.34. The number of alkyl halides is 3. The summed E-state index contributed by atoms with van der Waals surface area (Å²) in [4.78, 5) is 28.2. The van der Waals surface area contributed by atoms with Crippen LogP contribution in [0.5, 0.6) is 0 Å². The van der Waals surface area contributed by atoms with Crippen molar-refractivity contribution in [3.63, 3.8) is 0 Å². The van der Waals surface area contributed by atoms with Crippen LogP contribution < -0.4 is 10.6 Å². The quantitative estimate of drug-likeness (QED) is 0.650. The van der Waals surface area contributed by atoms with E-state index in [9.17, 15) is 22.8 Å². The number of hydrogen-bond donors (Lipinski definition) is 2. The van der Waals surface area contributed by atoms with Crippen molar-refractivity contribution in [2.75, 3.05) is 5.32 Å². The lowest BCUT2D eigenvalue weighted by Crippen LogP contribution is -2.45. The summed E-state index contributed by atoms with van der Waals surface area (Å²) in [6, 6.07) is 10.8. The van der Waals surface area contributed by atoms with E-state index < -0.39 is 29.7 Å². The summed E-state index contributed by atoms with van der Waals surface area (Å²) in [6.45, 7) is 0. The minimum Gasteiger partial charge on any atom is -0.459 e. The Hall–Kier alpha value is -3.14. The fourth-order valence-corrected chi connectivity index (χ4v) is 3.07. The summed E-state index contributed by atoms with van der Waals surface area (Å²) in [7, 11) is 0. The third-order valence-corrected chi connectivity index (χ3v) is 4.43. The predicted octanol–water partition coefficient (Wildman–Crippen LogP) is 3.73. The van der Waals surface area contributed by atoms with E-state index in [-0.39, 0.29) is 17.3 Å². The summed E-state index contributed by atoms with van der Waals surface area (Å²) < 4.78 is 43.0. The average molecular weight is 409 g/mol. The molecule has 0 aliphatic carbocycles. The lowest BCUT2D eigenvalue weighted by molar-refractivity contribution is -0.140. The number of rotatable bonds is 6. The fraction of sp³-hybridized carbons (Fsp3) is 0.167. The van der Waals surface area contributed by atoms with Crippen LogP contribution in [0.3, 0.4) is 0 Å². The monoisotopic (exact) mass is 409 g/mol. The normalized spacial score (nSPS) is 12.4. The molecule has 0 saturated heterocycles. The van der Waals surface area contributed by atoms with Crippen molar-refractivity contribution in [1.29, 1.82) is 0 Å². The molecule has 28 heavy (non-hydrogen) atoms. The summed E-state index contributed by atoms with van der Waals surface area (Å²) in [5.41, 5.74) is -0.329. The molecule has 1 unspecified atom stereocenters. The molecule has 146 valence electrons. The van der Waals surface area contributed by atoms with Gasteiger partial charge in [-0.05, 0) is 17.7 Å². The molecule has 0 aliphatic rings. The zero-order valence-electron chi connectivity index (χ0n) is 14.2. The number of amides is 2. The molecule has 0 radical (unpaired) electrons. The molecule has 0 saturated carbocycles. The van der Waals surface area contributed by atoms with Crippen molar-refractivity contribution in [3.05, 3.63) is 71.1 Å². The van der Waals surface area contributed by atoms with Crippen molar-refractivity contribution >= 4 is 28.3 Å². The van der Waals surface area contributed by atoms with Crippen LogP contribution in [0, 0.1) is 0 Å². The van der Waals surface area contributed by atoms with Gasteiger partial charge in [-0.3, -0.25) is 9.59 Å². The van der Waals surface area contributed by atoms with E-state index >= 15 is 0 Å². The maximum Gasteiger partial charge on any atom is 0.434 e. The van der Waals surface area contributed by atoms with Crippen molar-refractivity contribution in [2.45, 2.75) is 18.6 Å². The molecule has 0 spiro atoms. The van der Waals surface area contributed by atoms with Gasteiger partial charge in [0.25, 0.3) is 5.91 Å². The molecule has 2 aromatic heterocycles. The number of anilines is 1. The highest BCUT2D eigenvalue weighted by molar-refractivity contribution is 7.13.